The van der Waals surface area contributed by atoms with Crippen molar-refractivity contribution in [2.75, 3.05) is 26.3 Å². The minimum absolute atomic E-state index is 0.0311. The molecule has 1 saturated heterocycles. The minimum atomic E-state index is -0.726. The van der Waals surface area contributed by atoms with Crippen LogP contribution in [0, 0.1) is 20.2 Å². The van der Waals surface area contributed by atoms with Gasteiger partial charge in [-0.15, -0.1) is 0 Å². The third-order valence-electron chi connectivity index (χ3n) is 4.13. The Bertz CT molecular complexity index is 936. The number of benzene rings is 2. The zero-order valence-corrected chi connectivity index (χ0v) is 15.2. The van der Waals surface area contributed by atoms with Gasteiger partial charge in [0.15, 0.2) is 0 Å². The van der Waals surface area contributed by atoms with Crippen LogP contribution in [0.2, 0.25) is 0 Å². The van der Waals surface area contributed by atoms with Crippen molar-refractivity contribution < 1.29 is 24.1 Å². The Morgan fingerprint density at radius 2 is 1.66 bits per heavy atom. The fraction of sp³-hybridized carbons (Fsp3) is 0.211. The van der Waals surface area contributed by atoms with Gasteiger partial charge in [-0.1, -0.05) is 12.1 Å². The summed E-state index contributed by atoms with van der Waals surface area (Å²) in [6.45, 7) is 2.10. The molecule has 0 radical (unpaired) electrons. The molecule has 1 aliphatic rings. The SMILES string of the molecule is O=C(/C=C/c1cccc(Oc2cc([N+](=O)[O-])cc([N+](=O)[O-])c2)c1)N1CCOCC1. The monoisotopic (exact) mass is 399 g/mol. The van der Waals surface area contributed by atoms with Gasteiger partial charge in [-0.3, -0.25) is 25.0 Å². The molecule has 0 aliphatic carbocycles. The van der Waals surface area contributed by atoms with Gasteiger partial charge in [0, 0.05) is 19.2 Å². The molecular formula is C19H17N3O7. The summed E-state index contributed by atoms with van der Waals surface area (Å²) < 4.78 is 10.8. The molecule has 10 heteroatoms. The minimum Gasteiger partial charge on any atom is -0.457 e. The molecule has 0 aromatic heterocycles. The molecular weight excluding hydrogens is 382 g/mol. The average molecular weight is 399 g/mol. The summed E-state index contributed by atoms with van der Waals surface area (Å²) in [5.41, 5.74) is -0.216. The standard InChI is InChI=1S/C19H17N3O7/c23-19(20-6-8-28-9-7-20)5-4-14-2-1-3-17(10-14)29-18-12-15(21(24)25)11-16(13-18)22(26)27/h1-5,10-13H,6-9H2/b5-4+. The molecule has 1 fully saturated rings. The Balaban J connectivity index is 1.76. The number of carbonyl (C=O) groups is 1. The van der Waals surface area contributed by atoms with Crippen LogP contribution in [0.3, 0.4) is 0 Å². The van der Waals surface area contributed by atoms with Crippen molar-refractivity contribution in [3.8, 4) is 11.5 Å². The highest BCUT2D eigenvalue weighted by Gasteiger charge is 2.18. The largest absolute Gasteiger partial charge is 0.457 e. The fourth-order valence-electron chi connectivity index (χ4n) is 2.71. The van der Waals surface area contributed by atoms with Gasteiger partial charge in [0.1, 0.15) is 11.5 Å². The van der Waals surface area contributed by atoms with Crippen molar-refractivity contribution in [2.24, 2.45) is 0 Å². The molecule has 1 amide bonds. The number of nitro benzene ring substituents is 2. The summed E-state index contributed by atoms with van der Waals surface area (Å²) >= 11 is 0. The Morgan fingerprint density at radius 3 is 2.28 bits per heavy atom. The van der Waals surface area contributed by atoms with E-state index in [1.54, 1.807) is 35.2 Å². The fourth-order valence-corrected chi connectivity index (χ4v) is 2.71. The predicted molar refractivity (Wildman–Crippen MR) is 103 cm³/mol. The zero-order valence-electron chi connectivity index (χ0n) is 15.2. The van der Waals surface area contributed by atoms with Crippen LogP contribution in [0.25, 0.3) is 6.08 Å². The van der Waals surface area contributed by atoms with Gasteiger partial charge in [-0.25, -0.2) is 0 Å². The van der Waals surface area contributed by atoms with E-state index in [0.717, 1.165) is 18.2 Å². The lowest BCUT2D eigenvalue weighted by Crippen LogP contribution is -2.39. The maximum absolute atomic E-state index is 12.2. The first-order valence-electron chi connectivity index (χ1n) is 8.69. The maximum Gasteiger partial charge on any atom is 0.280 e. The molecule has 0 unspecified atom stereocenters. The topological polar surface area (TPSA) is 125 Å². The van der Waals surface area contributed by atoms with Crippen molar-refractivity contribution in [1.29, 1.82) is 0 Å². The molecule has 150 valence electrons. The van der Waals surface area contributed by atoms with E-state index in [-0.39, 0.29) is 11.7 Å². The van der Waals surface area contributed by atoms with Crippen LogP contribution < -0.4 is 4.74 Å². The van der Waals surface area contributed by atoms with E-state index < -0.39 is 21.2 Å². The van der Waals surface area contributed by atoms with Crippen LogP contribution in [-0.4, -0.2) is 47.0 Å². The van der Waals surface area contributed by atoms with Crippen molar-refractivity contribution in [1.82, 2.24) is 4.90 Å². The number of nitrogens with zero attached hydrogens (tertiary/aromatic N) is 3. The van der Waals surface area contributed by atoms with Crippen molar-refractivity contribution in [3.63, 3.8) is 0 Å². The molecule has 0 N–H and O–H groups in total. The molecule has 10 nitrogen and oxygen atoms in total. The number of rotatable bonds is 6. The molecule has 0 atom stereocenters. The third kappa shape index (κ3) is 5.36. The zero-order chi connectivity index (χ0) is 20.8. The molecule has 29 heavy (non-hydrogen) atoms. The second-order valence-electron chi connectivity index (χ2n) is 6.14. The number of ether oxygens (including phenoxy) is 2. The number of hydrogen-bond acceptors (Lipinski definition) is 7. The molecule has 2 aromatic carbocycles. The number of carbonyl (C=O) groups excluding carboxylic acids is 1. The summed E-state index contributed by atoms with van der Waals surface area (Å²) in [6, 6.07) is 9.74. The van der Waals surface area contributed by atoms with Gasteiger partial charge in [-0.05, 0) is 23.8 Å². The van der Waals surface area contributed by atoms with Gasteiger partial charge in [0.25, 0.3) is 11.4 Å². The Hall–Kier alpha value is -3.79. The molecule has 1 heterocycles. The first kappa shape index (κ1) is 20.0. The quantitative estimate of drug-likeness (QED) is 0.415. The normalized spacial score (nSPS) is 14.0. The van der Waals surface area contributed by atoms with E-state index in [9.17, 15) is 25.0 Å². The van der Waals surface area contributed by atoms with Crippen LogP contribution in [0.1, 0.15) is 5.56 Å². The lowest BCUT2D eigenvalue weighted by Gasteiger charge is -2.25. The number of morpholine rings is 1. The molecule has 0 saturated carbocycles. The molecule has 2 aromatic rings. The summed E-state index contributed by atoms with van der Waals surface area (Å²) in [7, 11) is 0. The van der Waals surface area contributed by atoms with Gasteiger partial charge in [0.2, 0.25) is 5.91 Å². The number of non-ortho nitro benzene ring substituents is 2. The summed E-state index contributed by atoms with van der Waals surface area (Å²) in [5.74, 6) is 0.158. The lowest BCUT2D eigenvalue weighted by molar-refractivity contribution is -0.394. The maximum atomic E-state index is 12.2. The van der Waals surface area contributed by atoms with Gasteiger partial charge < -0.3 is 14.4 Å². The number of nitro groups is 2. The molecule has 1 aliphatic heterocycles. The van der Waals surface area contributed by atoms with E-state index in [1.807, 2.05) is 0 Å². The molecule has 3 rings (SSSR count). The molecule has 0 spiro atoms. The van der Waals surface area contributed by atoms with Crippen LogP contribution in [0.5, 0.6) is 11.5 Å². The smallest absolute Gasteiger partial charge is 0.280 e. The highest BCUT2D eigenvalue weighted by atomic mass is 16.6. The summed E-state index contributed by atoms with van der Waals surface area (Å²) in [5, 5.41) is 22.0. The predicted octanol–water partition coefficient (Wildman–Crippen LogP) is 3.17. The van der Waals surface area contributed by atoms with E-state index in [0.29, 0.717) is 37.6 Å². The number of hydrogen-bond donors (Lipinski definition) is 0. The second-order valence-corrected chi connectivity index (χ2v) is 6.14. The number of amides is 1. The molecule has 0 bridgehead atoms. The Kier molecular flexibility index (Phi) is 6.15. The van der Waals surface area contributed by atoms with Crippen molar-refractivity contribution in [2.45, 2.75) is 0 Å². The van der Waals surface area contributed by atoms with E-state index >= 15 is 0 Å². The van der Waals surface area contributed by atoms with E-state index in [4.69, 9.17) is 9.47 Å². The second kappa shape index (κ2) is 8.93. The average Bonchev–Trinajstić information content (AvgIpc) is 2.72. The highest BCUT2D eigenvalue weighted by Crippen LogP contribution is 2.31. The van der Waals surface area contributed by atoms with Crippen LogP contribution >= 0.6 is 0 Å². The van der Waals surface area contributed by atoms with Crippen molar-refractivity contribution >= 4 is 23.4 Å². The Labute approximate surface area is 165 Å². The van der Waals surface area contributed by atoms with E-state index in [2.05, 4.69) is 0 Å². The Morgan fingerprint density at radius 1 is 1.00 bits per heavy atom. The lowest BCUT2D eigenvalue weighted by atomic mass is 10.2. The highest BCUT2D eigenvalue weighted by molar-refractivity contribution is 5.91. The third-order valence-corrected chi connectivity index (χ3v) is 4.13. The van der Waals surface area contributed by atoms with E-state index in [1.165, 1.54) is 6.08 Å². The first-order valence-corrected chi connectivity index (χ1v) is 8.69. The van der Waals surface area contributed by atoms with Gasteiger partial charge in [-0.2, -0.15) is 0 Å². The van der Waals surface area contributed by atoms with Gasteiger partial charge in [0.05, 0.1) is 41.3 Å². The summed E-state index contributed by atoms with van der Waals surface area (Å²) in [6.07, 6.45) is 3.07. The summed E-state index contributed by atoms with van der Waals surface area (Å²) in [4.78, 5) is 34.4. The van der Waals surface area contributed by atoms with Gasteiger partial charge >= 0.3 is 0 Å². The van der Waals surface area contributed by atoms with Crippen LogP contribution in [0.4, 0.5) is 11.4 Å². The van der Waals surface area contributed by atoms with Crippen molar-refractivity contribution in [3.05, 3.63) is 74.3 Å². The van der Waals surface area contributed by atoms with Crippen LogP contribution in [0.15, 0.2) is 48.5 Å². The van der Waals surface area contributed by atoms with Crippen LogP contribution in [-0.2, 0) is 9.53 Å². The first-order chi connectivity index (χ1) is 13.9.